The summed E-state index contributed by atoms with van der Waals surface area (Å²) in [5.41, 5.74) is 1.57. The molecule has 0 fully saturated rings. The molecule has 4 atom stereocenters. The van der Waals surface area contributed by atoms with Crippen molar-refractivity contribution in [1.29, 1.82) is 0 Å². The highest BCUT2D eigenvalue weighted by Crippen LogP contribution is 2.27. The van der Waals surface area contributed by atoms with Gasteiger partial charge in [0.15, 0.2) is 12.5 Å². The molecule has 0 saturated carbocycles. The lowest BCUT2D eigenvalue weighted by Gasteiger charge is -2.26. The third kappa shape index (κ3) is 9.12. The van der Waals surface area contributed by atoms with E-state index in [1.54, 1.807) is 51.0 Å². The van der Waals surface area contributed by atoms with E-state index in [2.05, 4.69) is 20.6 Å². The fraction of sp³-hybridized carbons (Fsp3) is 0.250. The summed E-state index contributed by atoms with van der Waals surface area (Å²) >= 11 is 0. The fourth-order valence-electron chi connectivity index (χ4n) is 4.16. The number of carbonyl (C=O) groups excluding carboxylic acids is 2. The van der Waals surface area contributed by atoms with E-state index in [1.165, 1.54) is 0 Å². The zero-order valence-electron chi connectivity index (χ0n) is 23.5. The predicted octanol–water partition coefficient (Wildman–Crippen LogP) is 4.37. The van der Waals surface area contributed by atoms with Crippen LogP contribution in [0.15, 0.2) is 110 Å². The van der Waals surface area contributed by atoms with E-state index in [0.717, 1.165) is 11.1 Å². The van der Waals surface area contributed by atoms with E-state index in [4.69, 9.17) is 18.9 Å². The Morgan fingerprint density at radius 1 is 0.619 bits per heavy atom. The molecule has 42 heavy (non-hydrogen) atoms. The molecular formula is C32H34N4O6. The Kier molecular flexibility index (Phi) is 11.4. The molecule has 0 aliphatic carbocycles. The Labute approximate surface area is 245 Å². The fourth-order valence-corrected chi connectivity index (χ4v) is 4.16. The summed E-state index contributed by atoms with van der Waals surface area (Å²) in [4.78, 5) is 34.0. The summed E-state index contributed by atoms with van der Waals surface area (Å²) < 4.78 is 23.3. The van der Waals surface area contributed by atoms with Gasteiger partial charge >= 0.3 is 11.9 Å². The Morgan fingerprint density at radius 2 is 1.02 bits per heavy atom. The SMILES string of the molecule is CNC(CC(Oc1ccccc1)c1cccnc1)OC(=O)C(=O)OC(CC(Oc1ccccc1)c1cccnc1)NC. The van der Waals surface area contributed by atoms with Gasteiger partial charge in [-0.1, -0.05) is 48.5 Å². The summed E-state index contributed by atoms with van der Waals surface area (Å²) in [6.45, 7) is 0. The molecule has 2 heterocycles. The zero-order valence-corrected chi connectivity index (χ0v) is 23.5. The van der Waals surface area contributed by atoms with E-state index in [0.29, 0.717) is 11.5 Å². The molecule has 0 aliphatic heterocycles. The molecule has 2 aromatic heterocycles. The minimum atomic E-state index is -1.14. The van der Waals surface area contributed by atoms with Crippen LogP contribution in [0.2, 0.25) is 0 Å². The van der Waals surface area contributed by atoms with Gasteiger partial charge in [0.2, 0.25) is 0 Å². The van der Waals surface area contributed by atoms with E-state index in [9.17, 15) is 9.59 Å². The van der Waals surface area contributed by atoms with Crippen LogP contribution in [0.1, 0.15) is 36.2 Å². The third-order valence-electron chi connectivity index (χ3n) is 6.32. The Morgan fingerprint density at radius 3 is 1.36 bits per heavy atom. The van der Waals surface area contributed by atoms with Crippen molar-refractivity contribution >= 4 is 11.9 Å². The molecule has 4 unspecified atom stereocenters. The van der Waals surface area contributed by atoms with Gasteiger partial charge < -0.3 is 18.9 Å². The van der Waals surface area contributed by atoms with Crippen molar-refractivity contribution in [1.82, 2.24) is 20.6 Å². The zero-order chi connectivity index (χ0) is 29.6. The van der Waals surface area contributed by atoms with Gasteiger partial charge in [-0.3, -0.25) is 20.6 Å². The first-order valence-electron chi connectivity index (χ1n) is 13.5. The first-order valence-corrected chi connectivity index (χ1v) is 13.5. The normalized spacial score (nSPS) is 13.7. The molecule has 4 aromatic rings. The van der Waals surface area contributed by atoms with Crippen molar-refractivity contribution in [2.24, 2.45) is 0 Å². The van der Waals surface area contributed by atoms with Crippen LogP contribution >= 0.6 is 0 Å². The van der Waals surface area contributed by atoms with Gasteiger partial charge in [0.25, 0.3) is 0 Å². The molecule has 4 rings (SSSR count). The van der Waals surface area contributed by atoms with Gasteiger partial charge in [-0.05, 0) is 50.5 Å². The van der Waals surface area contributed by atoms with Crippen molar-refractivity contribution in [3.8, 4) is 11.5 Å². The van der Waals surface area contributed by atoms with E-state index in [1.807, 2.05) is 72.8 Å². The van der Waals surface area contributed by atoms with Crippen LogP contribution in [0.25, 0.3) is 0 Å². The summed E-state index contributed by atoms with van der Waals surface area (Å²) in [5, 5.41) is 5.86. The minimum Gasteiger partial charge on any atom is -0.485 e. The standard InChI is InChI=1S/C32H34N4O6/c1-33-29(19-27(23-11-9-17-35-21-23)39-25-13-5-3-6-14-25)41-31(37)32(38)42-30(34-2)20-28(24-12-10-18-36-22-24)40-26-15-7-4-8-16-26/h3-18,21-22,27-30,33-34H,19-20H2,1-2H3. The molecule has 218 valence electrons. The lowest BCUT2D eigenvalue weighted by Crippen LogP contribution is -2.40. The number of esters is 2. The van der Waals surface area contributed by atoms with E-state index >= 15 is 0 Å². The maximum atomic E-state index is 12.8. The number of ether oxygens (including phenoxy) is 4. The monoisotopic (exact) mass is 570 g/mol. The van der Waals surface area contributed by atoms with Gasteiger partial charge in [0.05, 0.1) is 0 Å². The lowest BCUT2D eigenvalue weighted by atomic mass is 10.1. The molecule has 2 aromatic carbocycles. The van der Waals surface area contributed by atoms with Gasteiger partial charge in [-0.25, -0.2) is 9.59 Å². The summed E-state index contributed by atoms with van der Waals surface area (Å²) in [7, 11) is 3.25. The third-order valence-corrected chi connectivity index (χ3v) is 6.32. The number of aromatic nitrogens is 2. The number of para-hydroxylation sites is 2. The molecule has 0 radical (unpaired) electrons. The Hall–Kier alpha value is -4.80. The molecule has 0 spiro atoms. The van der Waals surface area contributed by atoms with Crippen molar-refractivity contribution in [2.45, 2.75) is 37.5 Å². The topological polar surface area (TPSA) is 121 Å². The lowest BCUT2D eigenvalue weighted by molar-refractivity contribution is -0.177. The average Bonchev–Trinajstić information content (AvgIpc) is 3.05. The average molecular weight is 571 g/mol. The van der Waals surface area contributed by atoms with Gasteiger partial charge in [0.1, 0.15) is 23.7 Å². The number of hydrogen-bond donors (Lipinski definition) is 2. The van der Waals surface area contributed by atoms with Crippen molar-refractivity contribution in [3.63, 3.8) is 0 Å². The van der Waals surface area contributed by atoms with E-state index in [-0.39, 0.29) is 12.8 Å². The second-order valence-corrected chi connectivity index (χ2v) is 9.25. The van der Waals surface area contributed by atoms with Crippen LogP contribution in [0.4, 0.5) is 0 Å². The van der Waals surface area contributed by atoms with Crippen LogP contribution in [0.5, 0.6) is 11.5 Å². The van der Waals surface area contributed by atoms with Crippen LogP contribution in [0, 0.1) is 0 Å². The summed E-state index contributed by atoms with van der Waals surface area (Å²) in [5.74, 6) is -0.989. The molecule has 2 N–H and O–H groups in total. The smallest absolute Gasteiger partial charge is 0.419 e. The van der Waals surface area contributed by atoms with Gasteiger partial charge in [-0.15, -0.1) is 0 Å². The molecule has 0 saturated heterocycles. The molecule has 0 amide bonds. The maximum Gasteiger partial charge on any atom is 0.419 e. The second kappa shape index (κ2) is 15.8. The Bertz CT molecular complexity index is 1260. The van der Waals surface area contributed by atoms with Crippen LogP contribution in [0.3, 0.4) is 0 Å². The largest absolute Gasteiger partial charge is 0.485 e. The molecular weight excluding hydrogens is 536 g/mol. The quantitative estimate of drug-likeness (QED) is 0.128. The highest BCUT2D eigenvalue weighted by Gasteiger charge is 2.29. The molecule has 10 nitrogen and oxygen atoms in total. The molecule has 10 heteroatoms. The highest BCUT2D eigenvalue weighted by molar-refractivity contribution is 6.29. The number of benzene rings is 2. The predicted molar refractivity (Wildman–Crippen MR) is 155 cm³/mol. The van der Waals surface area contributed by atoms with Crippen molar-refractivity contribution < 1.29 is 28.5 Å². The number of carbonyl (C=O) groups is 2. The second-order valence-electron chi connectivity index (χ2n) is 9.25. The highest BCUT2D eigenvalue weighted by atomic mass is 16.6. The summed E-state index contributed by atoms with van der Waals surface area (Å²) in [6, 6.07) is 25.9. The van der Waals surface area contributed by atoms with Gasteiger partial charge in [-0.2, -0.15) is 0 Å². The van der Waals surface area contributed by atoms with Crippen molar-refractivity contribution in [2.75, 3.05) is 14.1 Å². The first-order chi connectivity index (χ1) is 20.6. The Balaban J connectivity index is 1.39. The molecule has 0 bridgehead atoms. The van der Waals surface area contributed by atoms with Crippen LogP contribution in [-0.4, -0.2) is 48.5 Å². The van der Waals surface area contributed by atoms with E-state index < -0.39 is 36.6 Å². The van der Waals surface area contributed by atoms with Crippen molar-refractivity contribution in [3.05, 3.63) is 121 Å². The number of pyridine rings is 2. The van der Waals surface area contributed by atoms with Crippen LogP contribution < -0.4 is 20.1 Å². The minimum absolute atomic E-state index is 0.208. The summed E-state index contributed by atoms with van der Waals surface area (Å²) in [6.07, 6.45) is 4.39. The number of rotatable bonds is 14. The number of hydrogen-bond acceptors (Lipinski definition) is 10. The number of nitrogens with one attached hydrogen (secondary N) is 2. The molecule has 0 aliphatic rings. The van der Waals surface area contributed by atoms with Crippen LogP contribution in [-0.2, 0) is 19.1 Å². The number of nitrogens with zero attached hydrogens (tertiary/aromatic N) is 2. The first kappa shape index (κ1) is 30.2. The van der Waals surface area contributed by atoms with Gasteiger partial charge in [0, 0.05) is 48.8 Å². The maximum absolute atomic E-state index is 12.8.